The highest BCUT2D eigenvalue weighted by molar-refractivity contribution is 5.95. The number of hydrogen-bond acceptors (Lipinski definition) is 5. The Labute approximate surface area is 140 Å². The summed E-state index contributed by atoms with van der Waals surface area (Å²) in [5, 5.41) is 0. The molecule has 0 saturated heterocycles. The van der Waals surface area contributed by atoms with E-state index in [1.165, 1.54) is 24.3 Å². The van der Waals surface area contributed by atoms with E-state index < -0.39 is 35.5 Å². The Morgan fingerprint density at radius 1 is 1.08 bits per heavy atom. The lowest BCUT2D eigenvalue weighted by atomic mass is 9.68. The highest BCUT2D eigenvalue weighted by Crippen LogP contribution is 2.40. The second-order valence-electron chi connectivity index (χ2n) is 5.67. The number of esters is 2. The van der Waals surface area contributed by atoms with E-state index in [0.717, 1.165) is 0 Å². The third-order valence-corrected chi connectivity index (χ3v) is 4.22. The zero-order valence-electron chi connectivity index (χ0n) is 13.8. The van der Waals surface area contributed by atoms with E-state index in [-0.39, 0.29) is 31.8 Å². The van der Waals surface area contributed by atoms with E-state index in [4.69, 9.17) is 9.47 Å². The van der Waals surface area contributed by atoms with Crippen LogP contribution in [0.1, 0.15) is 38.2 Å². The van der Waals surface area contributed by atoms with Crippen molar-refractivity contribution in [3.63, 3.8) is 0 Å². The van der Waals surface area contributed by atoms with Gasteiger partial charge in [0.15, 0.2) is 0 Å². The van der Waals surface area contributed by atoms with Crippen LogP contribution in [0.25, 0.3) is 0 Å². The first-order valence-electron chi connectivity index (χ1n) is 8.11. The van der Waals surface area contributed by atoms with Gasteiger partial charge in [-0.05, 0) is 38.0 Å². The minimum atomic E-state index is -0.948. The quantitative estimate of drug-likeness (QED) is 0.773. The molecule has 1 fully saturated rings. The molecule has 0 spiro atoms. The molecule has 0 heterocycles. The van der Waals surface area contributed by atoms with Crippen LogP contribution < -0.4 is 0 Å². The molecule has 130 valence electrons. The molecule has 24 heavy (non-hydrogen) atoms. The predicted molar refractivity (Wildman–Crippen MR) is 83.6 cm³/mol. The van der Waals surface area contributed by atoms with E-state index in [1.807, 2.05) is 0 Å². The van der Waals surface area contributed by atoms with E-state index in [1.54, 1.807) is 13.8 Å². The van der Waals surface area contributed by atoms with Gasteiger partial charge in [-0.3, -0.25) is 14.4 Å². The van der Waals surface area contributed by atoms with Crippen molar-refractivity contribution >= 4 is 17.7 Å². The summed E-state index contributed by atoms with van der Waals surface area (Å²) in [6, 6.07) is 5.41. The number of Topliss-reactive ketones (excluding diaryl/α,β-unsaturated/α-hetero) is 1. The van der Waals surface area contributed by atoms with Gasteiger partial charge in [0.25, 0.3) is 0 Å². The number of carbonyl (C=O) groups excluding carboxylic acids is 3. The number of ketones is 1. The average Bonchev–Trinajstić information content (AvgIpc) is 2.56. The van der Waals surface area contributed by atoms with Crippen LogP contribution in [0.2, 0.25) is 0 Å². The lowest BCUT2D eigenvalue weighted by Crippen LogP contribution is -2.43. The van der Waals surface area contributed by atoms with E-state index in [0.29, 0.717) is 5.56 Å². The monoisotopic (exact) mass is 336 g/mol. The molecular weight excluding hydrogens is 315 g/mol. The maximum absolute atomic E-state index is 13.2. The van der Waals surface area contributed by atoms with Gasteiger partial charge in [-0.2, -0.15) is 0 Å². The lowest BCUT2D eigenvalue weighted by molar-refractivity contribution is -0.164. The summed E-state index contributed by atoms with van der Waals surface area (Å²) in [5.41, 5.74) is 0.508. The molecule has 1 aliphatic carbocycles. The molecule has 3 unspecified atom stereocenters. The molecule has 0 N–H and O–H groups in total. The van der Waals surface area contributed by atoms with Crippen molar-refractivity contribution in [3.8, 4) is 0 Å². The highest BCUT2D eigenvalue weighted by Gasteiger charge is 2.48. The average molecular weight is 336 g/mol. The standard InChI is InChI=1S/C18H21FO5/c1-3-23-17(21)13-9-10-14(20)15(16(13)18(22)24-4-2)11-5-7-12(19)8-6-11/h5-8,13,15-16H,3-4,9-10H2,1-2H3. The molecule has 1 aromatic rings. The molecule has 6 heteroatoms. The van der Waals surface area contributed by atoms with Gasteiger partial charge in [0.1, 0.15) is 11.6 Å². The zero-order valence-corrected chi connectivity index (χ0v) is 13.8. The van der Waals surface area contributed by atoms with Crippen molar-refractivity contribution in [1.29, 1.82) is 0 Å². The van der Waals surface area contributed by atoms with Crippen molar-refractivity contribution in [3.05, 3.63) is 35.6 Å². The third-order valence-electron chi connectivity index (χ3n) is 4.22. The Hall–Kier alpha value is -2.24. The summed E-state index contributed by atoms with van der Waals surface area (Å²) >= 11 is 0. The van der Waals surface area contributed by atoms with Crippen molar-refractivity contribution in [1.82, 2.24) is 0 Å². The minimum absolute atomic E-state index is 0.148. The molecule has 0 aliphatic heterocycles. The van der Waals surface area contributed by atoms with Gasteiger partial charge >= 0.3 is 11.9 Å². The lowest BCUT2D eigenvalue weighted by Gasteiger charge is -2.34. The number of ether oxygens (including phenoxy) is 2. The summed E-state index contributed by atoms with van der Waals surface area (Å²) in [5.74, 6) is -4.20. The zero-order chi connectivity index (χ0) is 17.7. The number of rotatable bonds is 5. The summed E-state index contributed by atoms with van der Waals surface area (Å²) in [6.45, 7) is 3.69. The Bertz CT molecular complexity index is 610. The summed E-state index contributed by atoms with van der Waals surface area (Å²) in [4.78, 5) is 37.2. The Balaban J connectivity index is 2.41. The second-order valence-corrected chi connectivity index (χ2v) is 5.67. The van der Waals surface area contributed by atoms with Gasteiger partial charge in [0, 0.05) is 6.42 Å². The third kappa shape index (κ3) is 3.80. The van der Waals surface area contributed by atoms with Crippen molar-refractivity contribution in [2.45, 2.75) is 32.6 Å². The van der Waals surface area contributed by atoms with Gasteiger partial charge in [0.2, 0.25) is 0 Å². The maximum atomic E-state index is 13.2. The molecule has 0 radical (unpaired) electrons. The van der Waals surface area contributed by atoms with Crippen LogP contribution in [-0.4, -0.2) is 30.9 Å². The normalized spacial score (nSPS) is 23.6. The summed E-state index contributed by atoms with van der Waals surface area (Å²) < 4.78 is 23.3. The molecule has 1 saturated carbocycles. The van der Waals surface area contributed by atoms with Crippen LogP contribution in [0.4, 0.5) is 4.39 Å². The van der Waals surface area contributed by atoms with Crippen molar-refractivity contribution in [2.24, 2.45) is 11.8 Å². The van der Waals surface area contributed by atoms with Gasteiger partial charge in [-0.25, -0.2) is 4.39 Å². The smallest absolute Gasteiger partial charge is 0.310 e. The fraction of sp³-hybridized carbons (Fsp3) is 0.500. The number of benzene rings is 1. The van der Waals surface area contributed by atoms with Crippen molar-refractivity contribution in [2.75, 3.05) is 13.2 Å². The van der Waals surface area contributed by atoms with Crippen molar-refractivity contribution < 1.29 is 28.2 Å². The SMILES string of the molecule is CCOC(=O)C1CCC(=O)C(c2ccc(F)cc2)C1C(=O)OCC. The Kier molecular flexibility index (Phi) is 6.06. The van der Waals surface area contributed by atoms with Gasteiger partial charge in [0.05, 0.1) is 31.0 Å². The van der Waals surface area contributed by atoms with E-state index >= 15 is 0 Å². The predicted octanol–water partition coefficient (Wildman–Crippen LogP) is 2.63. The van der Waals surface area contributed by atoms with Crippen LogP contribution >= 0.6 is 0 Å². The van der Waals surface area contributed by atoms with Gasteiger partial charge in [-0.1, -0.05) is 12.1 Å². The number of carbonyl (C=O) groups is 3. The fourth-order valence-electron chi connectivity index (χ4n) is 3.18. The first-order chi connectivity index (χ1) is 11.5. The van der Waals surface area contributed by atoms with Gasteiger partial charge in [-0.15, -0.1) is 0 Å². The second kappa shape index (κ2) is 8.04. The molecule has 2 rings (SSSR count). The summed E-state index contributed by atoms with van der Waals surface area (Å²) in [7, 11) is 0. The van der Waals surface area contributed by atoms with Crippen LogP contribution in [-0.2, 0) is 23.9 Å². The fourth-order valence-corrected chi connectivity index (χ4v) is 3.18. The van der Waals surface area contributed by atoms with E-state index in [2.05, 4.69) is 0 Å². The topological polar surface area (TPSA) is 69.7 Å². The highest BCUT2D eigenvalue weighted by atomic mass is 19.1. The number of halogens is 1. The molecule has 0 bridgehead atoms. The Morgan fingerprint density at radius 2 is 1.67 bits per heavy atom. The first kappa shape index (κ1) is 18.1. The largest absolute Gasteiger partial charge is 0.466 e. The Morgan fingerprint density at radius 3 is 2.25 bits per heavy atom. The van der Waals surface area contributed by atoms with Crippen LogP contribution in [0.15, 0.2) is 24.3 Å². The van der Waals surface area contributed by atoms with Crippen LogP contribution in [0.3, 0.4) is 0 Å². The van der Waals surface area contributed by atoms with E-state index in [9.17, 15) is 18.8 Å². The molecule has 1 aliphatic rings. The van der Waals surface area contributed by atoms with Crippen LogP contribution in [0.5, 0.6) is 0 Å². The molecule has 0 amide bonds. The molecule has 3 atom stereocenters. The molecular formula is C18H21FO5. The van der Waals surface area contributed by atoms with Crippen LogP contribution in [0, 0.1) is 17.7 Å². The molecule has 0 aromatic heterocycles. The van der Waals surface area contributed by atoms with Gasteiger partial charge < -0.3 is 9.47 Å². The minimum Gasteiger partial charge on any atom is -0.466 e. The number of hydrogen-bond donors (Lipinski definition) is 0. The first-order valence-corrected chi connectivity index (χ1v) is 8.11. The summed E-state index contributed by atoms with van der Waals surface area (Å²) in [6.07, 6.45) is 0.417. The maximum Gasteiger partial charge on any atom is 0.310 e. The molecule has 1 aromatic carbocycles. The molecule has 5 nitrogen and oxygen atoms in total.